The summed E-state index contributed by atoms with van der Waals surface area (Å²) in [6.07, 6.45) is 10.6. The van der Waals surface area contributed by atoms with Gasteiger partial charge < -0.3 is 5.32 Å². The summed E-state index contributed by atoms with van der Waals surface area (Å²) in [6, 6.07) is 8.08. The first kappa shape index (κ1) is 19.6. The first-order valence-corrected chi connectivity index (χ1v) is 10.4. The third-order valence-corrected chi connectivity index (χ3v) is 6.50. The summed E-state index contributed by atoms with van der Waals surface area (Å²) in [7, 11) is 1.66. The minimum atomic E-state index is -0.0414. The molecule has 0 saturated carbocycles. The van der Waals surface area contributed by atoms with Crippen LogP contribution in [0.3, 0.4) is 0 Å². The molecule has 1 aliphatic carbocycles. The van der Waals surface area contributed by atoms with E-state index in [9.17, 15) is 4.79 Å². The Labute approximate surface area is 166 Å². The number of amides is 1. The number of thiophene rings is 1. The van der Waals surface area contributed by atoms with Crippen molar-refractivity contribution in [3.63, 3.8) is 0 Å². The van der Waals surface area contributed by atoms with Gasteiger partial charge in [-0.2, -0.15) is 0 Å². The van der Waals surface area contributed by atoms with Crippen molar-refractivity contribution < 1.29 is 4.79 Å². The average Bonchev–Trinajstić information content (AvgIpc) is 3.01. The molecule has 0 spiro atoms. The lowest BCUT2D eigenvalue weighted by atomic mass is 9.72. The van der Waals surface area contributed by atoms with E-state index in [1.807, 2.05) is 18.2 Å². The van der Waals surface area contributed by atoms with Gasteiger partial charge in [0.2, 0.25) is 0 Å². The summed E-state index contributed by atoms with van der Waals surface area (Å²) in [4.78, 5) is 13.0. The third kappa shape index (κ3) is 4.41. The molecule has 1 aliphatic rings. The van der Waals surface area contributed by atoms with E-state index in [1.54, 1.807) is 18.4 Å². The van der Waals surface area contributed by atoms with Crippen LogP contribution in [0.5, 0.6) is 0 Å². The summed E-state index contributed by atoms with van der Waals surface area (Å²) in [5.41, 5.74) is 5.25. The summed E-state index contributed by atoms with van der Waals surface area (Å²) < 4.78 is 1.14. The molecule has 0 fully saturated rings. The molecule has 1 aromatic carbocycles. The van der Waals surface area contributed by atoms with Crippen molar-refractivity contribution in [2.45, 2.75) is 47.0 Å². The Morgan fingerprint density at radius 2 is 2.04 bits per heavy atom. The highest BCUT2D eigenvalue weighted by Crippen LogP contribution is 2.40. The number of carbonyl (C=O) groups excluding carboxylic acids is 1. The van der Waals surface area contributed by atoms with E-state index < -0.39 is 0 Å². The van der Waals surface area contributed by atoms with Crippen molar-refractivity contribution in [1.82, 2.24) is 5.32 Å². The largest absolute Gasteiger partial charge is 0.355 e. The van der Waals surface area contributed by atoms with E-state index in [0.717, 1.165) is 4.70 Å². The zero-order chi connectivity index (χ0) is 19.6. The van der Waals surface area contributed by atoms with Gasteiger partial charge in [-0.25, -0.2) is 0 Å². The SMILES string of the molecule is CNC(=O)c1ccc2cc(/C=C(C)/C=C/C3=C(C)CCCC3(C)C)sc2c1. The van der Waals surface area contributed by atoms with Gasteiger partial charge in [-0.05, 0) is 79.3 Å². The molecule has 1 N–H and O–H groups in total. The fraction of sp³-hybridized carbons (Fsp3) is 0.375. The highest BCUT2D eigenvalue weighted by molar-refractivity contribution is 7.19. The maximum atomic E-state index is 11.8. The summed E-state index contributed by atoms with van der Waals surface area (Å²) in [6.45, 7) is 9.13. The van der Waals surface area contributed by atoms with Crippen LogP contribution < -0.4 is 5.32 Å². The predicted octanol–water partition coefficient (Wildman–Crippen LogP) is 6.75. The van der Waals surface area contributed by atoms with Crippen molar-refractivity contribution in [2.75, 3.05) is 7.05 Å². The van der Waals surface area contributed by atoms with Crippen molar-refractivity contribution in [1.29, 1.82) is 0 Å². The van der Waals surface area contributed by atoms with Gasteiger partial charge in [0.1, 0.15) is 0 Å². The monoisotopic (exact) mass is 379 g/mol. The molecular weight excluding hydrogens is 350 g/mol. The lowest BCUT2D eigenvalue weighted by Crippen LogP contribution is -2.19. The second-order valence-corrected chi connectivity index (χ2v) is 9.25. The normalized spacial score (nSPS) is 17.7. The van der Waals surface area contributed by atoms with Crippen LogP contribution in [-0.2, 0) is 0 Å². The van der Waals surface area contributed by atoms with Gasteiger partial charge in [-0.15, -0.1) is 11.3 Å². The number of allylic oxidation sites excluding steroid dienone is 5. The average molecular weight is 380 g/mol. The molecule has 0 bridgehead atoms. The summed E-state index contributed by atoms with van der Waals surface area (Å²) in [5.74, 6) is -0.0414. The smallest absolute Gasteiger partial charge is 0.251 e. The Morgan fingerprint density at radius 3 is 2.74 bits per heavy atom. The van der Waals surface area contributed by atoms with Gasteiger partial charge in [0, 0.05) is 22.2 Å². The van der Waals surface area contributed by atoms with Gasteiger partial charge in [-0.1, -0.05) is 37.6 Å². The van der Waals surface area contributed by atoms with Gasteiger partial charge in [0.15, 0.2) is 0 Å². The lowest BCUT2D eigenvalue weighted by molar-refractivity contribution is 0.0963. The maximum absolute atomic E-state index is 11.8. The predicted molar refractivity (Wildman–Crippen MR) is 118 cm³/mol. The highest BCUT2D eigenvalue weighted by Gasteiger charge is 2.26. The molecule has 0 saturated heterocycles. The second-order valence-electron chi connectivity index (χ2n) is 8.13. The molecule has 3 heteroatoms. The number of nitrogens with one attached hydrogen (secondary N) is 1. The van der Waals surface area contributed by atoms with Crippen LogP contribution >= 0.6 is 11.3 Å². The van der Waals surface area contributed by atoms with Crippen molar-refractivity contribution in [3.05, 3.63) is 63.6 Å². The molecule has 27 heavy (non-hydrogen) atoms. The van der Waals surface area contributed by atoms with Crippen molar-refractivity contribution >= 4 is 33.4 Å². The number of hydrogen-bond acceptors (Lipinski definition) is 2. The summed E-state index contributed by atoms with van der Waals surface area (Å²) in [5, 5.41) is 3.87. The molecule has 0 aliphatic heterocycles. The Balaban J connectivity index is 1.84. The molecule has 0 atom stereocenters. The van der Waals surface area contributed by atoms with Crippen LogP contribution in [0.25, 0.3) is 16.2 Å². The first-order valence-electron chi connectivity index (χ1n) is 9.62. The maximum Gasteiger partial charge on any atom is 0.251 e. The summed E-state index contributed by atoms with van der Waals surface area (Å²) >= 11 is 1.73. The van der Waals surface area contributed by atoms with Crippen LogP contribution in [0.4, 0.5) is 0 Å². The van der Waals surface area contributed by atoms with E-state index in [-0.39, 0.29) is 11.3 Å². The van der Waals surface area contributed by atoms with E-state index >= 15 is 0 Å². The zero-order valence-electron chi connectivity index (χ0n) is 17.0. The fourth-order valence-corrected chi connectivity index (χ4v) is 5.02. The number of hydrogen-bond donors (Lipinski definition) is 1. The molecule has 2 aromatic rings. The van der Waals surface area contributed by atoms with Crippen LogP contribution in [0.15, 0.2) is 53.1 Å². The minimum absolute atomic E-state index is 0.0414. The third-order valence-electron chi connectivity index (χ3n) is 5.45. The molecule has 142 valence electrons. The van der Waals surface area contributed by atoms with E-state index in [4.69, 9.17) is 0 Å². The van der Waals surface area contributed by atoms with E-state index in [0.29, 0.717) is 5.56 Å². The number of rotatable bonds is 4. The molecule has 0 radical (unpaired) electrons. The van der Waals surface area contributed by atoms with Crippen molar-refractivity contribution in [3.8, 4) is 0 Å². The lowest BCUT2D eigenvalue weighted by Gasteiger charge is -2.32. The first-order chi connectivity index (χ1) is 12.8. The number of carbonyl (C=O) groups is 1. The van der Waals surface area contributed by atoms with Gasteiger partial charge in [0.25, 0.3) is 5.91 Å². The standard InChI is InChI=1S/C24H29NOS/c1-16(8-11-21-17(2)7-6-12-24(21,3)4)13-20-14-18-9-10-19(23(26)25-5)15-22(18)27-20/h8-11,13-15H,6-7,12H2,1-5H3,(H,25,26)/b11-8+,16-13+. The fourth-order valence-electron chi connectivity index (χ4n) is 3.91. The van der Waals surface area contributed by atoms with Gasteiger partial charge >= 0.3 is 0 Å². The molecular formula is C24H29NOS. The zero-order valence-corrected chi connectivity index (χ0v) is 17.8. The topological polar surface area (TPSA) is 29.1 Å². The molecule has 1 heterocycles. The highest BCUT2D eigenvalue weighted by atomic mass is 32.1. The van der Waals surface area contributed by atoms with Crippen LogP contribution in [-0.4, -0.2) is 13.0 Å². The number of benzene rings is 1. The molecule has 2 nitrogen and oxygen atoms in total. The van der Waals surface area contributed by atoms with Crippen LogP contribution in [0.2, 0.25) is 0 Å². The molecule has 3 rings (SSSR count). The van der Waals surface area contributed by atoms with Crippen LogP contribution in [0, 0.1) is 5.41 Å². The van der Waals surface area contributed by atoms with Crippen LogP contribution in [0.1, 0.15) is 62.2 Å². The Kier molecular flexibility index (Phi) is 5.71. The Morgan fingerprint density at radius 1 is 1.26 bits per heavy atom. The molecule has 0 unspecified atom stereocenters. The van der Waals surface area contributed by atoms with Gasteiger partial charge in [0.05, 0.1) is 0 Å². The second kappa shape index (κ2) is 7.85. The Hall–Kier alpha value is -2.13. The molecule has 1 amide bonds. The molecule has 1 aromatic heterocycles. The Bertz CT molecular complexity index is 956. The van der Waals surface area contributed by atoms with E-state index in [2.05, 4.69) is 57.3 Å². The minimum Gasteiger partial charge on any atom is -0.355 e. The van der Waals surface area contributed by atoms with Gasteiger partial charge in [-0.3, -0.25) is 4.79 Å². The quantitative estimate of drug-likeness (QED) is 0.585. The van der Waals surface area contributed by atoms with E-state index in [1.165, 1.54) is 46.2 Å². The van der Waals surface area contributed by atoms with Crippen molar-refractivity contribution in [2.24, 2.45) is 5.41 Å². The number of fused-ring (bicyclic) bond motifs is 1.